The molecule has 0 radical (unpaired) electrons. The molecule has 0 N–H and O–H groups in total. The lowest BCUT2D eigenvalue weighted by Crippen LogP contribution is -2.51. The van der Waals surface area contributed by atoms with Crippen LogP contribution in [-0.4, -0.2) is 54.4 Å². The van der Waals surface area contributed by atoms with E-state index in [1.165, 1.54) is 4.90 Å². The largest absolute Gasteiger partial charge is 0.483 e. The van der Waals surface area contributed by atoms with Gasteiger partial charge in [0, 0.05) is 32.2 Å². The number of para-hydroxylation sites is 1. The Morgan fingerprint density at radius 2 is 1.68 bits per heavy atom. The summed E-state index contributed by atoms with van der Waals surface area (Å²) in [6.45, 7) is 3.19. The van der Waals surface area contributed by atoms with Crippen LogP contribution in [0.1, 0.15) is 22.8 Å². The predicted octanol–water partition coefficient (Wildman–Crippen LogP) is 2.89. The Labute approximate surface area is 162 Å². The van der Waals surface area contributed by atoms with Crippen molar-refractivity contribution < 1.29 is 23.1 Å². The number of piperazine rings is 1. The van der Waals surface area contributed by atoms with Crippen molar-refractivity contribution in [2.45, 2.75) is 13.3 Å². The highest BCUT2D eigenvalue weighted by molar-refractivity contribution is 5.94. The highest BCUT2D eigenvalue weighted by Crippen LogP contribution is 2.19. The lowest BCUT2D eigenvalue weighted by molar-refractivity contribution is -0.134. The fourth-order valence-corrected chi connectivity index (χ4v) is 3.16. The van der Waals surface area contributed by atoms with Crippen LogP contribution in [0.5, 0.6) is 5.75 Å². The third-order valence-corrected chi connectivity index (χ3v) is 4.79. The summed E-state index contributed by atoms with van der Waals surface area (Å²) in [5, 5.41) is 0. The van der Waals surface area contributed by atoms with E-state index in [0.717, 1.165) is 24.1 Å². The first-order valence-corrected chi connectivity index (χ1v) is 9.22. The number of hydrogen-bond acceptors (Lipinski definition) is 3. The standard InChI is InChI=1S/C21H22F2N2O3/c1-2-15-5-3-4-6-19(15)28-14-20(26)24-9-11-25(12-10-24)21(27)17-8-7-16(22)13-18(17)23/h3-8,13H,2,9-12,14H2,1H3. The Balaban J connectivity index is 1.53. The van der Waals surface area contributed by atoms with Crippen molar-refractivity contribution in [2.24, 2.45) is 0 Å². The number of nitrogens with zero attached hydrogens (tertiary/aromatic N) is 2. The fraction of sp³-hybridized carbons (Fsp3) is 0.333. The number of halogens is 2. The minimum absolute atomic E-state index is 0.0719. The second-order valence-electron chi connectivity index (χ2n) is 6.55. The van der Waals surface area contributed by atoms with Crippen LogP contribution >= 0.6 is 0 Å². The summed E-state index contributed by atoms with van der Waals surface area (Å²) in [5.41, 5.74) is 0.868. The van der Waals surface area contributed by atoms with Gasteiger partial charge in [0.2, 0.25) is 0 Å². The zero-order valence-corrected chi connectivity index (χ0v) is 15.7. The molecule has 0 saturated carbocycles. The molecule has 0 aliphatic carbocycles. The number of carbonyl (C=O) groups excluding carboxylic acids is 2. The van der Waals surface area contributed by atoms with Crippen LogP contribution in [-0.2, 0) is 11.2 Å². The molecule has 5 nitrogen and oxygen atoms in total. The quantitative estimate of drug-likeness (QED) is 0.792. The second-order valence-corrected chi connectivity index (χ2v) is 6.55. The van der Waals surface area contributed by atoms with E-state index in [0.29, 0.717) is 24.9 Å². The third-order valence-electron chi connectivity index (χ3n) is 4.79. The van der Waals surface area contributed by atoms with Gasteiger partial charge in [-0.1, -0.05) is 25.1 Å². The molecule has 1 heterocycles. The normalized spacial score (nSPS) is 14.1. The van der Waals surface area contributed by atoms with Gasteiger partial charge in [-0.05, 0) is 30.2 Å². The molecule has 1 saturated heterocycles. The van der Waals surface area contributed by atoms with Gasteiger partial charge < -0.3 is 14.5 Å². The maximum Gasteiger partial charge on any atom is 0.260 e. The first kappa shape index (κ1) is 19.8. The first-order valence-electron chi connectivity index (χ1n) is 9.22. The zero-order valence-electron chi connectivity index (χ0n) is 15.7. The van der Waals surface area contributed by atoms with Crippen molar-refractivity contribution in [3.05, 3.63) is 65.2 Å². The molecule has 1 aliphatic heterocycles. The van der Waals surface area contributed by atoms with Gasteiger partial charge in [0.05, 0.1) is 5.56 Å². The second kappa shape index (κ2) is 8.82. The van der Waals surface area contributed by atoms with Gasteiger partial charge >= 0.3 is 0 Å². The van der Waals surface area contributed by atoms with Crippen molar-refractivity contribution in [2.75, 3.05) is 32.8 Å². The predicted molar refractivity (Wildman–Crippen MR) is 100 cm³/mol. The number of rotatable bonds is 5. The zero-order chi connectivity index (χ0) is 20.1. The molecular formula is C21H22F2N2O3. The van der Waals surface area contributed by atoms with E-state index in [-0.39, 0.29) is 31.2 Å². The molecule has 28 heavy (non-hydrogen) atoms. The minimum atomic E-state index is -0.883. The van der Waals surface area contributed by atoms with Crippen LogP contribution in [0.3, 0.4) is 0 Å². The molecule has 7 heteroatoms. The summed E-state index contributed by atoms with van der Waals surface area (Å²) in [6, 6.07) is 10.5. The van der Waals surface area contributed by atoms with Crippen LogP contribution in [0.2, 0.25) is 0 Å². The summed E-state index contributed by atoms with van der Waals surface area (Å²) >= 11 is 0. The summed E-state index contributed by atoms with van der Waals surface area (Å²) in [5.74, 6) is -1.58. The molecule has 0 bridgehead atoms. The summed E-state index contributed by atoms with van der Waals surface area (Å²) in [4.78, 5) is 27.9. The Morgan fingerprint density at radius 1 is 1.00 bits per heavy atom. The third kappa shape index (κ3) is 4.47. The first-order chi connectivity index (χ1) is 13.5. The van der Waals surface area contributed by atoms with Crippen LogP contribution < -0.4 is 4.74 Å². The monoisotopic (exact) mass is 388 g/mol. The average Bonchev–Trinajstić information content (AvgIpc) is 2.72. The topological polar surface area (TPSA) is 49.9 Å². The minimum Gasteiger partial charge on any atom is -0.483 e. The van der Waals surface area contributed by atoms with Crippen molar-refractivity contribution >= 4 is 11.8 Å². The lowest BCUT2D eigenvalue weighted by Gasteiger charge is -2.34. The molecule has 2 aromatic carbocycles. The molecule has 2 amide bonds. The van der Waals surface area contributed by atoms with E-state index in [1.54, 1.807) is 4.90 Å². The molecule has 0 spiro atoms. The van der Waals surface area contributed by atoms with Crippen LogP contribution in [0, 0.1) is 11.6 Å². The Morgan fingerprint density at radius 3 is 2.36 bits per heavy atom. The van der Waals surface area contributed by atoms with Gasteiger partial charge in [-0.2, -0.15) is 0 Å². The van der Waals surface area contributed by atoms with Gasteiger partial charge in [0.1, 0.15) is 17.4 Å². The SMILES string of the molecule is CCc1ccccc1OCC(=O)N1CCN(C(=O)c2ccc(F)cc2F)CC1. The van der Waals surface area contributed by atoms with E-state index in [1.807, 2.05) is 31.2 Å². The van der Waals surface area contributed by atoms with Gasteiger partial charge in [-0.15, -0.1) is 0 Å². The number of aryl methyl sites for hydroxylation is 1. The van der Waals surface area contributed by atoms with E-state index in [9.17, 15) is 18.4 Å². The highest BCUT2D eigenvalue weighted by Gasteiger charge is 2.26. The van der Waals surface area contributed by atoms with Crippen molar-refractivity contribution in [1.82, 2.24) is 9.80 Å². The molecule has 1 fully saturated rings. The number of carbonyl (C=O) groups is 2. The molecule has 2 aromatic rings. The summed E-state index contributed by atoms with van der Waals surface area (Å²) in [7, 11) is 0. The molecule has 0 atom stereocenters. The molecule has 148 valence electrons. The van der Waals surface area contributed by atoms with Gasteiger partial charge in [-0.3, -0.25) is 9.59 Å². The van der Waals surface area contributed by atoms with Gasteiger partial charge in [0.15, 0.2) is 6.61 Å². The van der Waals surface area contributed by atoms with Crippen LogP contribution in [0.4, 0.5) is 8.78 Å². The summed E-state index contributed by atoms with van der Waals surface area (Å²) in [6.07, 6.45) is 0.811. The maximum atomic E-state index is 13.8. The fourth-order valence-electron chi connectivity index (χ4n) is 3.16. The lowest BCUT2D eigenvalue weighted by atomic mass is 10.1. The average molecular weight is 388 g/mol. The molecular weight excluding hydrogens is 366 g/mol. The Kier molecular flexibility index (Phi) is 6.23. The van der Waals surface area contributed by atoms with Gasteiger partial charge in [-0.25, -0.2) is 8.78 Å². The Hall–Kier alpha value is -2.96. The molecule has 0 unspecified atom stereocenters. The summed E-state index contributed by atoms with van der Waals surface area (Å²) < 4.78 is 32.5. The number of hydrogen-bond donors (Lipinski definition) is 0. The number of ether oxygens (including phenoxy) is 1. The van der Waals surface area contributed by atoms with E-state index in [2.05, 4.69) is 0 Å². The smallest absolute Gasteiger partial charge is 0.260 e. The van der Waals surface area contributed by atoms with E-state index in [4.69, 9.17) is 4.74 Å². The van der Waals surface area contributed by atoms with Crippen molar-refractivity contribution in [3.63, 3.8) is 0 Å². The number of amides is 2. The highest BCUT2D eigenvalue weighted by atomic mass is 19.1. The Bertz CT molecular complexity index is 864. The van der Waals surface area contributed by atoms with Gasteiger partial charge in [0.25, 0.3) is 11.8 Å². The molecule has 0 aromatic heterocycles. The van der Waals surface area contributed by atoms with E-state index >= 15 is 0 Å². The number of benzene rings is 2. The van der Waals surface area contributed by atoms with Crippen LogP contribution in [0.25, 0.3) is 0 Å². The van der Waals surface area contributed by atoms with E-state index < -0.39 is 17.5 Å². The van der Waals surface area contributed by atoms with Crippen molar-refractivity contribution in [1.29, 1.82) is 0 Å². The maximum absolute atomic E-state index is 13.8. The molecule has 3 rings (SSSR count). The van der Waals surface area contributed by atoms with Crippen molar-refractivity contribution in [3.8, 4) is 5.75 Å². The van der Waals surface area contributed by atoms with Crippen LogP contribution in [0.15, 0.2) is 42.5 Å². The molecule has 1 aliphatic rings.